The maximum atomic E-state index is 13.5. The van der Waals surface area contributed by atoms with Crippen LogP contribution in [0.3, 0.4) is 0 Å². The average Bonchev–Trinajstić information content (AvgIpc) is 3.08. The van der Waals surface area contributed by atoms with Crippen LogP contribution in [-0.4, -0.2) is 49.4 Å². The fourth-order valence-electron chi connectivity index (χ4n) is 4.78. The molecular weight excluding hydrogens is 649 g/mol. The number of ether oxygens (including phenoxy) is 2. The molecule has 0 spiro atoms. The van der Waals surface area contributed by atoms with Gasteiger partial charge in [0.25, 0.3) is 11.8 Å². The van der Waals surface area contributed by atoms with Gasteiger partial charge in [0.05, 0.1) is 34.5 Å². The predicted octanol–water partition coefficient (Wildman–Crippen LogP) is 8.08. The van der Waals surface area contributed by atoms with Crippen molar-refractivity contribution >= 4 is 41.0 Å². The van der Waals surface area contributed by atoms with Crippen molar-refractivity contribution in [1.29, 1.82) is 0 Å². The van der Waals surface area contributed by atoms with Crippen molar-refractivity contribution in [2.45, 2.75) is 32.4 Å². The van der Waals surface area contributed by atoms with Crippen molar-refractivity contribution in [2.75, 3.05) is 26.0 Å². The minimum Gasteiger partial charge on any atom is -0.465 e. The first-order valence-corrected chi connectivity index (χ1v) is 15.2. The Morgan fingerprint density at radius 3 is 2.25 bits per heavy atom. The van der Waals surface area contributed by atoms with Crippen molar-refractivity contribution in [3.05, 3.63) is 118 Å². The number of halogens is 4. The number of hydrogen-bond acceptors (Lipinski definition) is 6. The smallest absolute Gasteiger partial charge is 0.416 e. The van der Waals surface area contributed by atoms with E-state index in [1.807, 2.05) is 0 Å². The van der Waals surface area contributed by atoms with Crippen molar-refractivity contribution in [1.82, 2.24) is 4.90 Å². The number of anilines is 1. The molecule has 0 atom stereocenters. The Hall–Kier alpha value is -5.16. The summed E-state index contributed by atoms with van der Waals surface area (Å²) >= 11 is 6.15. The summed E-state index contributed by atoms with van der Waals surface area (Å²) in [5.74, 6) is -1.90. The Kier molecular flexibility index (Phi) is 11.6. The Morgan fingerprint density at radius 2 is 1.60 bits per heavy atom. The second-order valence-corrected chi connectivity index (χ2v) is 11.1. The average molecular weight is 681 g/mol. The van der Waals surface area contributed by atoms with Crippen LogP contribution in [0.5, 0.6) is 5.75 Å². The van der Waals surface area contributed by atoms with Gasteiger partial charge in [-0.25, -0.2) is 4.79 Å². The zero-order valence-corrected chi connectivity index (χ0v) is 27.1. The van der Waals surface area contributed by atoms with Crippen molar-refractivity contribution < 1.29 is 41.8 Å². The van der Waals surface area contributed by atoms with E-state index in [0.29, 0.717) is 30.5 Å². The molecule has 2 amide bonds. The topological polar surface area (TPSA) is 102 Å². The van der Waals surface area contributed by atoms with Gasteiger partial charge in [-0.1, -0.05) is 48.0 Å². The Labute approximate surface area is 280 Å². The third-order valence-corrected chi connectivity index (χ3v) is 7.80. The van der Waals surface area contributed by atoms with Gasteiger partial charge in [0.2, 0.25) is 0 Å². The van der Waals surface area contributed by atoms with Gasteiger partial charge in [0.1, 0.15) is 5.75 Å². The molecule has 0 aromatic heterocycles. The molecule has 0 heterocycles. The number of hydrogen-bond donors (Lipinski definition) is 1. The van der Waals surface area contributed by atoms with E-state index in [9.17, 15) is 32.3 Å². The van der Waals surface area contributed by atoms with Crippen LogP contribution in [0.2, 0.25) is 5.02 Å². The SMILES string of the molecule is CCN(C)C(=O)c1cc(CCCC(=O)Oc2ccc(C(=O)OC)cc2Cl)ccc1NC(=O)c1ccccc1-c1ccc(C(F)(F)F)cc1. The van der Waals surface area contributed by atoms with Crippen LogP contribution in [0.4, 0.5) is 18.9 Å². The molecule has 0 saturated heterocycles. The first-order chi connectivity index (χ1) is 22.8. The number of esters is 2. The molecule has 4 aromatic rings. The van der Waals surface area contributed by atoms with E-state index in [4.69, 9.17) is 16.3 Å². The van der Waals surface area contributed by atoms with Crippen LogP contribution in [-0.2, 0) is 22.1 Å². The number of benzene rings is 4. The molecule has 0 radical (unpaired) electrons. The lowest BCUT2D eigenvalue weighted by atomic mass is 9.97. The van der Waals surface area contributed by atoms with Crippen molar-refractivity contribution in [3.8, 4) is 16.9 Å². The lowest BCUT2D eigenvalue weighted by Crippen LogP contribution is -2.28. The van der Waals surface area contributed by atoms with E-state index in [1.54, 1.807) is 56.4 Å². The number of nitrogens with one attached hydrogen (secondary N) is 1. The molecule has 0 aliphatic carbocycles. The highest BCUT2D eigenvalue weighted by Gasteiger charge is 2.30. The number of carbonyl (C=O) groups excluding carboxylic acids is 4. The number of carbonyl (C=O) groups is 4. The summed E-state index contributed by atoms with van der Waals surface area (Å²) in [6, 6.07) is 20.2. The van der Waals surface area contributed by atoms with E-state index in [2.05, 4.69) is 10.1 Å². The molecule has 12 heteroatoms. The zero-order chi connectivity index (χ0) is 35.0. The largest absolute Gasteiger partial charge is 0.465 e. The lowest BCUT2D eigenvalue weighted by Gasteiger charge is -2.19. The van der Waals surface area contributed by atoms with Crippen LogP contribution < -0.4 is 10.1 Å². The second kappa shape index (κ2) is 15.6. The van der Waals surface area contributed by atoms with Crippen LogP contribution in [0.25, 0.3) is 11.1 Å². The quantitative estimate of drug-likeness (QED) is 0.127. The molecular formula is C36H32ClF3N2O6. The number of methoxy groups -OCH3 is 1. The summed E-state index contributed by atoms with van der Waals surface area (Å²) in [7, 11) is 2.86. The first kappa shape index (κ1) is 35.7. The number of nitrogens with zero attached hydrogens (tertiary/aromatic N) is 1. The first-order valence-electron chi connectivity index (χ1n) is 14.9. The Morgan fingerprint density at radius 1 is 0.896 bits per heavy atom. The standard InChI is InChI=1S/C36H32ClF3N2O6/c1-4-42(2)34(45)28-20-22(8-7-11-32(43)48-31-19-15-24(21-29(31)37)35(46)47-3)12-18-30(28)41-33(44)27-10-6-5-9-26(27)23-13-16-25(17-14-23)36(38,39)40/h5-6,9-10,12-21H,4,7-8,11H2,1-3H3,(H,41,44). The highest BCUT2D eigenvalue weighted by Crippen LogP contribution is 2.32. The molecule has 0 aliphatic rings. The summed E-state index contributed by atoms with van der Waals surface area (Å²) in [5.41, 5.74) is 1.69. The van der Waals surface area contributed by atoms with Gasteiger partial charge in [-0.05, 0) is 85.0 Å². The Balaban J connectivity index is 1.49. The predicted molar refractivity (Wildman–Crippen MR) is 175 cm³/mol. The fourth-order valence-corrected chi connectivity index (χ4v) is 5.00. The van der Waals surface area contributed by atoms with Gasteiger partial charge in [-0.3, -0.25) is 14.4 Å². The van der Waals surface area contributed by atoms with Gasteiger partial charge in [-0.2, -0.15) is 13.2 Å². The van der Waals surface area contributed by atoms with Gasteiger partial charge in [0.15, 0.2) is 0 Å². The van der Waals surface area contributed by atoms with E-state index in [-0.39, 0.29) is 45.5 Å². The lowest BCUT2D eigenvalue weighted by molar-refractivity contribution is -0.137. The van der Waals surface area contributed by atoms with E-state index in [1.165, 1.54) is 42.3 Å². The van der Waals surface area contributed by atoms with Crippen molar-refractivity contribution in [2.24, 2.45) is 0 Å². The van der Waals surface area contributed by atoms with Crippen molar-refractivity contribution in [3.63, 3.8) is 0 Å². The number of amides is 2. The summed E-state index contributed by atoms with van der Waals surface area (Å²) in [6.45, 7) is 2.21. The molecule has 0 bridgehead atoms. The normalized spacial score (nSPS) is 11.1. The Bertz CT molecular complexity index is 1830. The summed E-state index contributed by atoms with van der Waals surface area (Å²) in [5, 5.41) is 2.88. The molecule has 48 heavy (non-hydrogen) atoms. The molecule has 250 valence electrons. The highest BCUT2D eigenvalue weighted by molar-refractivity contribution is 6.32. The number of alkyl halides is 3. The summed E-state index contributed by atoms with van der Waals surface area (Å²) in [6.07, 6.45) is -3.67. The van der Waals surface area contributed by atoms with Crippen LogP contribution in [0.15, 0.2) is 84.9 Å². The van der Waals surface area contributed by atoms with Crippen LogP contribution in [0, 0.1) is 0 Å². The van der Waals surface area contributed by atoms with Gasteiger partial charge in [0, 0.05) is 25.6 Å². The molecule has 0 fully saturated rings. The zero-order valence-electron chi connectivity index (χ0n) is 26.3. The fraction of sp³-hybridized carbons (Fsp3) is 0.222. The van der Waals surface area contributed by atoms with Gasteiger partial charge < -0.3 is 19.7 Å². The molecule has 4 rings (SSSR count). The molecule has 0 unspecified atom stereocenters. The maximum absolute atomic E-state index is 13.5. The third-order valence-electron chi connectivity index (χ3n) is 7.50. The molecule has 0 aliphatic heterocycles. The summed E-state index contributed by atoms with van der Waals surface area (Å²) in [4.78, 5) is 52.5. The monoisotopic (exact) mass is 680 g/mol. The third kappa shape index (κ3) is 8.80. The van der Waals surface area contributed by atoms with E-state index in [0.717, 1.165) is 17.7 Å². The van der Waals surface area contributed by atoms with Gasteiger partial charge >= 0.3 is 18.1 Å². The molecule has 0 saturated carbocycles. The van der Waals surface area contributed by atoms with Gasteiger partial charge in [-0.15, -0.1) is 0 Å². The number of rotatable bonds is 11. The number of aryl methyl sites for hydroxylation is 1. The molecule has 1 N–H and O–H groups in total. The van der Waals surface area contributed by atoms with Crippen LogP contribution in [0.1, 0.15) is 62.0 Å². The van der Waals surface area contributed by atoms with E-state index >= 15 is 0 Å². The minimum atomic E-state index is -4.49. The van der Waals surface area contributed by atoms with Crippen LogP contribution >= 0.6 is 11.6 Å². The summed E-state index contributed by atoms with van der Waals surface area (Å²) < 4.78 is 49.3. The van der Waals surface area contributed by atoms with E-state index < -0.39 is 29.6 Å². The highest BCUT2D eigenvalue weighted by atomic mass is 35.5. The molecule has 8 nitrogen and oxygen atoms in total. The maximum Gasteiger partial charge on any atom is 0.416 e. The minimum absolute atomic E-state index is 0.0342. The second-order valence-electron chi connectivity index (χ2n) is 10.7. The molecule has 4 aromatic carbocycles.